The van der Waals surface area contributed by atoms with E-state index in [1.807, 2.05) is 0 Å². The van der Waals surface area contributed by atoms with E-state index in [0.29, 0.717) is 5.92 Å². The minimum Gasteiger partial charge on any atom is -0.393 e. The van der Waals surface area contributed by atoms with Gasteiger partial charge in [0, 0.05) is 24.8 Å². The lowest BCUT2D eigenvalue weighted by Gasteiger charge is -2.34. The Morgan fingerprint density at radius 3 is 2.52 bits per heavy atom. The summed E-state index contributed by atoms with van der Waals surface area (Å²) >= 11 is 0. The molecule has 1 heterocycles. The van der Waals surface area contributed by atoms with Gasteiger partial charge in [0.2, 0.25) is 0 Å². The largest absolute Gasteiger partial charge is 0.393 e. The number of carbonyl (C=O) groups excluding carboxylic acids is 1. The van der Waals surface area contributed by atoms with E-state index in [1.165, 1.54) is 13.0 Å². The molecule has 0 bridgehead atoms. The lowest BCUT2D eigenvalue weighted by molar-refractivity contribution is -0.385. The summed E-state index contributed by atoms with van der Waals surface area (Å²) in [5, 5.41) is 20.6. The van der Waals surface area contributed by atoms with E-state index in [0.717, 1.165) is 31.6 Å². The van der Waals surface area contributed by atoms with Crippen molar-refractivity contribution >= 4 is 17.2 Å². The first-order valence-electron chi connectivity index (χ1n) is 7.12. The summed E-state index contributed by atoms with van der Waals surface area (Å²) in [6.45, 7) is 4.71. The highest BCUT2D eigenvalue weighted by molar-refractivity contribution is 5.99. The molecule has 21 heavy (non-hydrogen) atoms. The van der Waals surface area contributed by atoms with Gasteiger partial charge in [0.05, 0.1) is 16.6 Å². The number of ketones is 1. The second kappa shape index (κ2) is 6.22. The maximum atomic E-state index is 11.6. The molecule has 1 atom stereocenters. The van der Waals surface area contributed by atoms with Gasteiger partial charge in [0.1, 0.15) is 0 Å². The maximum absolute atomic E-state index is 11.6. The maximum Gasteiger partial charge on any atom is 0.280 e. The predicted octanol–water partition coefficient (Wildman–Crippen LogP) is 2.39. The molecule has 1 aliphatic heterocycles. The highest BCUT2D eigenvalue weighted by Crippen LogP contribution is 2.29. The summed E-state index contributed by atoms with van der Waals surface area (Å²) in [5.41, 5.74) is 0.829. The molecule has 0 aromatic heterocycles. The lowest BCUT2D eigenvalue weighted by Crippen LogP contribution is -2.37. The Bertz CT molecular complexity index is 549. The zero-order valence-corrected chi connectivity index (χ0v) is 12.3. The number of carbonyl (C=O) groups is 1. The molecule has 0 aliphatic carbocycles. The van der Waals surface area contributed by atoms with Crippen LogP contribution in [0.1, 0.15) is 37.0 Å². The first-order valence-corrected chi connectivity index (χ1v) is 7.12. The highest BCUT2D eigenvalue weighted by Gasteiger charge is 2.24. The van der Waals surface area contributed by atoms with Crippen LogP contribution in [0.25, 0.3) is 0 Å². The zero-order valence-electron chi connectivity index (χ0n) is 12.3. The lowest BCUT2D eigenvalue weighted by atomic mass is 9.92. The Morgan fingerprint density at radius 2 is 2.05 bits per heavy atom. The van der Waals surface area contributed by atoms with Crippen molar-refractivity contribution in [3.63, 3.8) is 0 Å². The van der Waals surface area contributed by atoms with Gasteiger partial charge >= 0.3 is 0 Å². The molecule has 1 aromatic rings. The predicted molar refractivity (Wildman–Crippen MR) is 79.7 cm³/mol. The van der Waals surface area contributed by atoms with Crippen LogP contribution in [0.2, 0.25) is 0 Å². The number of nitrogens with zero attached hydrogens (tertiary/aromatic N) is 2. The fraction of sp³-hybridized carbons (Fsp3) is 0.533. The van der Waals surface area contributed by atoms with Crippen LogP contribution < -0.4 is 4.90 Å². The van der Waals surface area contributed by atoms with Crippen LogP contribution in [-0.4, -0.2) is 35.0 Å². The van der Waals surface area contributed by atoms with Crippen LogP contribution in [0.3, 0.4) is 0 Å². The Kier molecular flexibility index (Phi) is 4.57. The fourth-order valence-electron chi connectivity index (χ4n) is 2.80. The van der Waals surface area contributed by atoms with Gasteiger partial charge in [-0.15, -0.1) is 0 Å². The molecule has 1 aliphatic rings. The number of nitro benzene ring substituents is 1. The van der Waals surface area contributed by atoms with Gasteiger partial charge in [0.25, 0.3) is 5.69 Å². The van der Waals surface area contributed by atoms with Crippen LogP contribution in [0.5, 0.6) is 0 Å². The third-order valence-corrected chi connectivity index (χ3v) is 4.14. The molecular formula is C15H20N2O4. The van der Waals surface area contributed by atoms with Crippen molar-refractivity contribution in [2.24, 2.45) is 5.92 Å². The van der Waals surface area contributed by atoms with E-state index in [4.69, 9.17) is 0 Å². The summed E-state index contributed by atoms with van der Waals surface area (Å²) in [7, 11) is 0. The smallest absolute Gasteiger partial charge is 0.280 e. The number of hydrogen-bond donors (Lipinski definition) is 1. The van der Waals surface area contributed by atoms with Crippen molar-refractivity contribution in [2.45, 2.75) is 32.8 Å². The Morgan fingerprint density at radius 1 is 1.43 bits per heavy atom. The summed E-state index contributed by atoms with van der Waals surface area (Å²) in [5.74, 6) is -0.00556. The molecule has 0 radical (unpaired) electrons. The van der Waals surface area contributed by atoms with Crippen molar-refractivity contribution in [2.75, 3.05) is 18.0 Å². The minimum atomic E-state index is -0.528. The molecule has 1 fully saturated rings. The Hall–Kier alpha value is -1.95. The van der Waals surface area contributed by atoms with Gasteiger partial charge in [-0.3, -0.25) is 14.9 Å². The van der Waals surface area contributed by atoms with E-state index in [1.54, 1.807) is 19.1 Å². The van der Waals surface area contributed by atoms with Crippen LogP contribution in [0, 0.1) is 16.0 Å². The second-order valence-corrected chi connectivity index (χ2v) is 5.58. The summed E-state index contributed by atoms with van der Waals surface area (Å²) in [6.07, 6.45) is 1.45. The molecule has 6 heteroatoms. The van der Waals surface area contributed by atoms with Crippen molar-refractivity contribution in [3.05, 3.63) is 33.9 Å². The monoisotopic (exact) mass is 292 g/mol. The fourth-order valence-corrected chi connectivity index (χ4v) is 2.80. The first kappa shape index (κ1) is 15.4. The zero-order chi connectivity index (χ0) is 15.6. The van der Waals surface area contributed by atoms with Gasteiger partial charge in [-0.25, -0.2) is 0 Å². The number of anilines is 1. The molecule has 0 saturated carbocycles. The van der Waals surface area contributed by atoms with Crippen LogP contribution in [-0.2, 0) is 0 Å². The normalized spacial score (nSPS) is 17.6. The quantitative estimate of drug-likeness (QED) is 0.523. The molecule has 2 rings (SSSR count). The standard InChI is InChI=1S/C15H20N2O4/c1-10(18)12-5-7-16(8-6-12)13-3-4-15(17(20)21)14(9-13)11(2)19/h3-4,9-10,12,18H,5-8H2,1-2H3. The van der Waals surface area contributed by atoms with Gasteiger partial charge in [0.15, 0.2) is 5.78 Å². The third-order valence-electron chi connectivity index (χ3n) is 4.14. The number of rotatable bonds is 4. The average Bonchev–Trinajstić information content (AvgIpc) is 2.46. The van der Waals surface area contributed by atoms with E-state index >= 15 is 0 Å². The topological polar surface area (TPSA) is 83.7 Å². The molecular weight excluding hydrogens is 272 g/mol. The molecule has 6 nitrogen and oxygen atoms in total. The Balaban J connectivity index is 2.20. The summed E-state index contributed by atoms with van der Waals surface area (Å²) in [6, 6.07) is 4.68. The molecule has 1 aromatic carbocycles. The molecule has 0 amide bonds. The molecule has 1 N–H and O–H groups in total. The van der Waals surface area contributed by atoms with Gasteiger partial charge in [-0.05, 0) is 44.7 Å². The van der Waals surface area contributed by atoms with E-state index in [-0.39, 0.29) is 23.1 Å². The van der Waals surface area contributed by atoms with Crippen molar-refractivity contribution in [1.29, 1.82) is 0 Å². The van der Waals surface area contributed by atoms with Gasteiger partial charge in [-0.1, -0.05) is 0 Å². The number of aliphatic hydroxyl groups is 1. The van der Waals surface area contributed by atoms with Crippen molar-refractivity contribution in [1.82, 2.24) is 0 Å². The summed E-state index contributed by atoms with van der Waals surface area (Å²) < 4.78 is 0. The molecule has 1 saturated heterocycles. The SMILES string of the molecule is CC(=O)c1cc(N2CCC(C(C)O)CC2)ccc1[N+](=O)[O-]. The molecule has 1 unspecified atom stereocenters. The number of benzene rings is 1. The van der Waals surface area contributed by atoms with Gasteiger partial charge < -0.3 is 10.0 Å². The van der Waals surface area contributed by atoms with Crippen LogP contribution >= 0.6 is 0 Å². The van der Waals surface area contributed by atoms with E-state index < -0.39 is 4.92 Å². The average molecular weight is 292 g/mol. The second-order valence-electron chi connectivity index (χ2n) is 5.58. The number of piperidine rings is 1. The molecule has 114 valence electrons. The summed E-state index contributed by atoms with van der Waals surface area (Å²) in [4.78, 5) is 24.1. The van der Waals surface area contributed by atoms with Crippen molar-refractivity contribution < 1.29 is 14.8 Å². The minimum absolute atomic E-state index is 0.148. The third kappa shape index (κ3) is 3.39. The number of aliphatic hydroxyl groups excluding tert-OH is 1. The number of nitro groups is 1. The first-order chi connectivity index (χ1) is 9.90. The van der Waals surface area contributed by atoms with Crippen LogP contribution in [0.15, 0.2) is 18.2 Å². The van der Waals surface area contributed by atoms with E-state index in [2.05, 4.69) is 4.90 Å². The van der Waals surface area contributed by atoms with Crippen LogP contribution in [0.4, 0.5) is 11.4 Å². The Labute approximate surface area is 123 Å². The number of Topliss-reactive ketones (excluding diaryl/α,β-unsaturated/α-hetero) is 1. The number of hydrogen-bond acceptors (Lipinski definition) is 5. The highest BCUT2D eigenvalue weighted by atomic mass is 16.6. The van der Waals surface area contributed by atoms with Gasteiger partial charge in [-0.2, -0.15) is 0 Å². The van der Waals surface area contributed by atoms with E-state index in [9.17, 15) is 20.0 Å². The van der Waals surface area contributed by atoms with Crippen molar-refractivity contribution in [3.8, 4) is 0 Å². The molecule has 0 spiro atoms.